The van der Waals surface area contributed by atoms with Gasteiger partial charge in [0.15, 0.2) is 5.96 Å². The third kappa shape index (κ3) is 3.60. The van der Waals surface area contributed by atoms with Crippen LogP contribution in [0.25, 0.3) is 0 Å². The van der Waals surface area contributed by atoms with Crippen LogP contribution < -0.4 is 5.73 Å². The number of alkyl halides is 3. The van der Waals surface area contributed by atoms with Gasteiger partial charge in [-0.3, -0.25) is 0 Å². The second-order valence-corrected chi connectivity index (χ2v) is 4.12. The number of nitrogens with two attached hydrogens (primary N) is 1. The van der Waals surface area contributed by atoms with Gasteiger partial charge in [-0.2, -0.15) is 13.2 Å². The summed E-state index contributed by atoms with van der Waals surface area (Å²) in [5.74, 6) is 0.211. The number of morpholine rings is 1. The van der Waals surface area contributed by atoms with E-state index in [0.29, 0.717) is 26.3 Å². The molecule has 1 heterocycles. The van der Waals surface area contributed by atoms with Gasteiger partial charge in [0, 0.05) is 13.1 Å². The van der Waals surface area contributed by atoms with E-state index in [0.717, 1.165) is 12.1 Å². The van der Waals surface area contributed by atoms with E-state index in [1.54, 1.807) is 4.90 Å². The molecular weight excluding hydrogens is 259 g/mol. The summed E-state index contributed by atoms with van der Waals surface area (Å²) in [7, 11) is 0. The Hall–Kier alpha value is -1.76. The molecule has 1 fully saturated rings. The minimum absolute atomic E-state index is 0.193. The number of hydrogen-bond donors (Lipinski definition) is 1. The fraction of sp³-hybridized carbons (Fsp3) is 0.417. The largest absolute Gasteiger partial charge is 0.416 e. The zero-order valence-electron chi connectivity index (χ0n) is 10.2. The zero-order chi connectivity index (χ0) is 13.9. The Labute approximate surface area is 108 Å². The van der Waals surface area contributed by atoms with Crippen LogP contribution in [0.2, 0.25) is 0 Å². The number of rotatable bonds is 1. The minimum Gasteiger partial charge on any atom is -0.378 e. The van der Waals surface area contributed by atoms with Crippen molar-refractivity contribution in [2.24, 2.45) is 10.7 Å². The Morgan fingerprint density at radius 1 is 1.26 bits per heavy atom. The lowest BCUT2D eigenvalue weighted by Crippen LogP contribution is -2.44. The van der Waals surface area contributed by atoms with Crippen molar-refractivity contribution in [2.45, 2.75) is 6.18 Å². The Morgan fingerprint density at radius 2 is 1.95 bits per heavy atom. The topological polar surface area (TPSA) is 50.8 Å². The van der Waals surface area contributed by atoms with Crippen molar-refractivity contribution in [3.8, 4) is 0 Å². The third-order valence-electron chi connectivity index (χ3n) is 2.75. The number of benzene rings is 1. The Balaban J connectivity index is 2.17. The van der Waals surface area contributed by atoms with E-state index >= 15 is 0 Å². The maximum Gasteiger partial charge on any atom is 0.416 e. The van der Waals surface area contributed by atoms with Gasteiger partial charge in [0.2, 0.25) is 0 Å². The van der Waals surface area contributed by atoms with E-state index in [1.165, 1.54) is 12.1 Å². The van der Waals surface area contributed by atoms with Gasteiger partial charge in [0.1, 0.15) is 0 Å². The summed E-state index contributed by atoms with van der Waals surface area (Å²) < 4.78 is 42.8. The highest BCUT2D eigenvalue weighted by Gasteiger charge is 2.30. The maximum absolute atomic E-state index is 12.6. The summed E-state index contributed by atoms with van der Waals surface area (Å²) in [6.45, 7) is 2.26. The molecule has 19 heavy (non-hydrogen) atoms. The number of nitrogens with zero attached hydrogens (tertiary/aromatic N) is 2. The normalized spacial score (nSPS) is 17.6. The predicted octanol–water partition coefficient (Wildman–Crippen LogP) is 1.98. The molecule has 0 spiro atoms. The van der Waals surface area contributed by atoms with Crippen LogP contribution in [-0.2, 0) is 10.9 Å². The van der Waals surface area contributed by atoms with Crippen LogP contribution in [-0.4, -0.2) is 37.2 Å². The molecule has 7 heteroatoms. The van der Waals surface area contributed by atoms with Crippen molar-refractivity contribution in [3.63, 3.8) is 0 Å². The second-order valence-electron chi connectivity index (χ2n) is 4.12. The van der Waals surface area contributed by atoms with Gasteiger partial charge in [-0.1, -0.05) is 6.07 Å². The summed E-state index contributed by atoms with van der Waals surface area (Å²) in [5.41, 5.74) is 5.24. The average Bonchev–Trinajstić information content (AvgIpc) is 2.39. The number of halogens is 3. The first-order valence-electron chi connectivity index (χ1n) is 5.81. The smallest absolute Gasteiger partial charge is 0.378 e. The Bertz CT molecular complexity index is 468. The van der Waals surface area contributed by atoms with Crippen LogP contribution in [0, 0.1) is 0 Å². The van der Waals surface area contributed by atoms with Crippen LogP contribution in [0.15, 0.2) is 29.3 Å². The molecule has 1 saturated heterocycles. The van der Waals surface area contributed by atoms with E-state index in [4.69, 9.17) is 10.5 Å². The fourth-order valence-corrected chi connectivity index (χ4v) is 1.75. The summed E-state index contributed by atoms with van der Waals surface area (Å²) in [4.78, 5) is 5.80. The molecule has 0 radical (unpaired) electrons. The van der Waals surface area contributed by atoms with Crippen molar-refractivity contribution in [1.82, 2.24) is 4.90 Å². The maximum atomic E-state index is 12.6. The molecule has 2 rings (SSSR count). The number of ether oxygens (including phenoxy) is 1. The molecule has 104 valence electrons. The quantitative estimate of drug-likeness (QED) is 0.629. The van der Waals surface area contributed by atoms with E-state index in [-0.39, 0.29) is 11.6 Å². The highest BCUT2D eigenvalue weighted by Crippen LogP contribution is 2.31. The SMILES string of the molecule is NC(=Nc1cccc(C(F)(F)F)c1)N1CCOCC1. The van der Waals surface area contributed by atoms with Gasteiger partial charge in [-0.25, -0.2) is 4.99 Å². The van der Waals surface area contributed by atoms with Gasteiger partial charge in [-0.15, -0.1) is 0 Å². The molecule has 0 aliphatic carbocycles. The van der Waals surface area contributed by atoms with Crippen molar-refractivity contribution >= 4 is 11.6 Å². The van der Waals surface area contributed by atoms with Gasteiger partial charge >= 0.3 is 6.18 Å². The molecule has 0 atom stereocenters. The molecule has 0 unspecified atom stereocenters. The molecule has 1 aliphatic rings. The minimum atomic E-state index is -4.38. The van der Waals surface area contributed by atoms with Crippen molar-refractivity contribution in [2.75, 3.05) is 26.3 Å². The van der Waals surface area contributed by atoms with Crippen molar-refractivity contribution < 1.29 is 17.9 Å². The van der Waals surface area contributed by atoms with Crippen molar-refractivity contribution in [1.29, 1.82) is 0 Å². The Morgan fingerprint density at radius 3 is 2.58 bits per heavy atom. The van der Waals surface area contributed by atoms with Crippen LogP contribution in [0.5, 0.6) is 0 Å². The standard InChI is InChI=1S/C12H14F3N3O/c13-12(14,15)9-2-1-3-10(8-9)17-11(16)18-4-6-19-7-5-18/h1-3,8H,4-7H2,(H2,16,17). The third-order valence-corrected chi connectivity index (χ3v) is 2.75. The molecule has 1 aromatic rings. The van der Waals surface area contributed by atoms with Gasteiger partial charge in [0.05, 0.1) is 24.5 Å². The van der Waals surface area contributed by atoms with E-state index in [2.05, 4.69) is 4.99 Å². The number of hydrogen-bond acceptors (Lipinski definition) is 2. The molecule has 1 aromatic carbocycles. The molecular formula is C12H14F3N3O. The van der Waals surface area contributed by atoms with Crippen molar-refractivity contribution in [3.05, 3.63) is 29.8 Å². The lowest BCUT2D eigenvalue weighted by molar-refractivity contribution is -0.137. The molecule has 1 aliphatic heterocycles. The lowest BCUT2D eigenvalue weighted by atomic mass is 10.2. The Kier molecular flexibility index (Phi) is 3.94. The molecule has 2 N–H and O–H groups in total. The highest BCUT2D eigenvalue weighted by molar-refractivity contribution is 5.81. The van der Waals surface area contributed by atoms with Crippen LogP contribution in [0.4, 0.5) is 18.9 Å². The first-order chi connectivity index (χ1) is 8.97. The monoisotopic (exact) mass is 273 g/mol. The molecule has 0 amide bonds. The van der Waals surface area contributed by atoms with Crippen LogP contribution >= 0.6 is 0 Å². The van der Waals surface area contributed by atoms with E-state index in [9.17, 15) is 13.2 Å². The van der Waals surface area contributed by atoms with Crippen LogP contribution in [0.3, 0.4) is 0 Å². The second kappa shape index (κ2) is 5.48. The molecule has 0 saturated carbocycles. The first-order valence-corrected chi connectivity index (χ1v) is 5.81. The molecule has 4 nitrogen and oxygen atoms in total. The van der Waals surface area contributed by atoms with Crippen LogP contribution in [0.1, 0.15) is 5.56 Å². The zero-order valence-corrected chi connectivity index (χ0v) is 10.2. The predicted molar refractivity (Wildman–Crippen MR) is 65.1 cm³/mol. The fourth-order valence-electron chi connectivity index (χ4n) is 1.75. The highest BCUT2D eigenvalue weighted by atomic mass is 19.4. The van der Waals surface area contributed by atoms with Gasteiger partial charge in [-0.05, 0) is 18.2 Å². The van der Waals surface area contributed by atoms with Gasteiger partial charge in [0.25, 0.3) is 0 Å². The lowest BCUT2D eigenvalue weighted by Gasteiger charge is -2.27. The number of guanidine groups is 1. The van der Waals surface area contributed by atoms with E-state index < -0.39 is 11.7 Å². The average molecular weight is 273 g/mol. The summed E-state index contributed by atoms with van der Waals surface area (Å²) >= 11 is 0. The number of aliphatic imine (C=N–C) groups is 1. The summed E-state index contributed by atoms with van der Waals surface area (Å²) in [6.07, 6.45) is -4.38. The van der Waals surface area contributed by atoms with E-state index in [1.807, 2.05) is 0 Å². The first kappa shape index (κ1) is 13.7. The molecule has 0 aromatic heterocycles. The summed E-state index contributed by atoms with van der Waals surface area (Å²) in [5, 5.41) is 0. The van der Waals surface area contributed by atoms with Gasteiger partial charge < -0.3 is 15.4 Å². The summed E-state index contributed by atoms with van der Waals surface area (Å²) in [6, 6.07) is 4.79. The molecule has 0 bridgehead atoms.